The van der Waals surface area contributed by atoms with E-state index in [-0.39, 0.29) is 0 Å². The molecule has 3 rings (SSSR count). The monoisotopic (exact) mass is 286 g/mol. The van der Waals surface area contributed by atoms with Crippen molar-refractivity contribution in [2.24, 2.45) is 0 Å². The molecule has 0 radical (unpaired) electrons. The van der Waals surface area contributed by atoms with Crippen molar-refractivity contribution in [1.82, 2.24) is 9.78 Å². The number of thioether (sulfide) groups is 1. The molecule has 0 unspecified atom stereocenters. The highest BCUT2D eigenvalue weighted by molar-refractivity contribution is 7.99. The van der Waals surface area contributed by atoms with Crippen LogP contribution in [0.5, 0.6) is 5.75 Å². The number of rotatable bonds is 3. The van der Waals surface area contributed by atoms with Crippen LogP contribution in [0.2, 0.25) is 5.15 Å². The van der Waals surface area contributed by atoms with Gasteiger partial charge in [-0.05, 0) is 50.0 Å². The summed E-state index contributed by atoms with van der Waals surface area (Å²) in [6.45, 7) is 0. The molecule has 0 N–H and O–H groups in total. The largest absolute Gasteiger partial charge is 0.486 e. The molecular weight excluding hydrogens is 268 g/mol. The number of hydrogen-bond acceptors (Lipinski definition) is 3. The molecule has 1 saturated carbocycles. The van der Waals surface area contributed by atoms with E-state index in [0.717, 1.165) is 31.4 Å². The quantitative estimate of drug-likeness (QED) is 0.842. The number of halogens is 1. The Balaban J connectivity index is 1.70. The predicted octanol–water partition coefficient (Wildman–Crippen LogP) is 3.93. The summed E-state index contributed by atoms with van der Waals surface area (Å²) in [6, 6.07) is 0.458. The Kier molecular flexibility index (Phi) is 4.04. The van der Waals surface area contributed by atoms with E-state index < -0.39 is 0 Å². The van der Waals surface area contributed by atoms with Crippen LogP contribution in [-0.4, -0.2) is 27.4 Å². The van der Waals surface area contributed by atoms with Crippen LogP contribution in [-0.2, 0) is 0 Å². The lowest BCUT2D eigenvalue weighted by atomic mass is 10.2. The lowest BCUT2D eigenvalue weighted by Gasteiger charge is -2.22. The second-order valence-electron chi connectivity index (χ2n) is 5.11. The van der Waals surface area contributed by atoms with Crippen molar-refractivity contribution >= 4 is 23.4 Å². The van der Waals surface area contributed by atoms with Crippen molar-refractivity contribution in [2.45, 2.75) is 50.7 Å². The van der Waals surface area contributed by atoms with Crippen LogP contribution in [0.1, 0.15) is 44.6 Å². The maximum Gasteiger partial charge on any atom is 0.176 e. The summed E-state index contributed by atoms with van der Waals surface area (Å²) in [6.07, 6.45) is 9.32. The average Bonchev–Trinajstić information content (AvgIpc) is 3.03. The van der Waals surface area contributed by atoms with Gasteiger partial charge in [-0.2, -0.15) is 16.9 Å². The smallest absolute Gasteiger partial charge is 0.176 e. The van der Waals surface area contributed by atoms with E-state index in [1.165, 1.54) is 24.3 Å². The van der Waals surface area contributed by atoms with E-state index in [1.54, 1.807) is 6.20 Å². The molecular formula is C13H19ClN2OS. The predicted molar refractivity (Wildman–Crippen MR) is 75.7 cm³/mol. The highest BCUT2D eigenvalue weighted by atomic mass is 35.5. The zero-order chi connectivity index (χ0) is 12.4. The Bertz CT molecular complexity index is 398. The average molecular weight is 287 g/mol. The summed E-state index contributed by atoms with van der Waals surface area (Å²) in [4.78, 5) is 0. The van der Waals surface area contributed by atoms with Gasteiger partial charge in [-0.15, -0.1) is 0 Å². The third-order valence-corrected chi connectivity index (χ3v) is 5.24. The molecule has 1 saturated heterocycles. The van der Waals surface area contributed by atoms with Crippen molar-refractivity contribution < 1.29 is 4.74 Å². The van der Waals surface area contributed by atoms with Crippen LogP contribution in [0, 0.1) is 0 Å². The summed E-state index contributed by atoms with van der Waals surface area (Å²) < 4.78 is 7.92. The van der Waals surface area contributed by atoms with Crippen LogP contribution in [0.15, 0.2) is 6.20 Å². The van der Waals surface area contributed by atoms with E-state index in [1.807, 2.05) is 16.4 Å². The molecule has 0 aromatic carbocycles. The highest BCUT2D eigenvalue weighted by Crippen LogP contribution is 2.34. The van der Waals surface area contributed by atoms with Crippen molar-refractivity contribution in [3.05, 3.63) is 11.3 Å². The zero-order valence-electron chi connectivity index (χ0n) is 10.5. The van der Waals surface area contributed by atoms with Crippen LogP contribution in [0.3, 0.4) is 0 Å². The summed E-state index contributed by atoms with van der Waals surface area (Å²) >= 11 is 8.42. The van der Waals surface area contributed by atoms with Crippen molar-refractivity contribution in [3.8, 4) is 5.75 Å². The summed E-state index contributed by atoms with van der Waals surface area (Å²) in [5, 5.41) is 5.13. The first-order valence-electron chi connectivity index (χ1n) is 6.82. The standard InChI is InChI=1S/C13H19ClN2OS/c14-13-12(17-11-3-1-2-4-11)9-15-16(13)10-5-7-18-8-6-10/h9-11H,1-8H2. The lowest BCUT2D eigenvalue weighted by Crippen LogP contribution is -2.16. The van der Waals surface area contributed by atoms with Gasteiger partial charge in [0.25, 0.3) is 0 Å². The summed E-state index contributed by atoms with van der Waals surface area (Å²) in [5.41, 5.74) is 0. The molecule has 18 heavy (non-hydrogen) atoms. The molecule has 100 valence electrons. The summed E-state index contributed by atoms with van der Waals surface area (Å²) in [5.74, 6) is 3.20. The van der Waals surface area contributed by atoms with E-state index in [2.05, 4.69) is 5.10 Å². The third kappa shape index (κ3) is 2.64. The second-order valence-corrected chi connectivity index (χ2v) is 6.69. The van der Waals surface area contributed by atoms with Gasteiger partial charge in [0.15, 0.2) is 10.9 Å². The van der Waals surface area contributed by atoms with Gasteiger partial charge in [0.1, 0.15) is 0 Å². The van der Waals surface area contributed by atoms with Gasteiger partial charge in [-0.25, -0.2) is 4.68 Å². The molecule has 1 aliphatic carbocycles. The summed E-state index contributed by atoms with van der Waals surface area (Å²) in [7, 11) is 0. The first-order chi connectivity index (χ1) is 8.84. The first-order valence-corrected chi connectivity index (χ1v) is 8.35. The third-order valence-electron chi connectivity index (χ3n) is 3.84. The number of ether oxygens (including phenoxy) is 1. The minimum atomic E-state index is 0.349. The Labute approximate surface area is 117 Å². The molecule has 2 fully saturated rings. The fourth-order valence-corrected chi connectivity index (χ4v) is 4.14. The molecule has 0 amide bonds. The van der Waals surface area contributed by atoms with E-state index in [0.29, 0.717) is 17.3 Å². The Morgan fingerprint density at radius 3 is 2.67 bits per heavy atom. The van der Waals surface area contributed by atoms with Gasteiger partial charge in [0, 0.05) is 0 Å². The highest BCUT2D eigenvalue weighted by Gasteiger charge is 2.23. The Hall–Kier alpha value is -0.350. The van der Waals surface area contributed by atoms with Gasteiger partial charge < -0.3 is 4.74 Å². The SMILES string of the molecule is Clc1c(OC2CCCC2)cnn1C1CCSCC1. The molecule has 0 bridgehead atoms. The first kappa shape index (κ1) is 12.7. The van der Waals surface area contributed by atoms with Gasteiger partial charge in [0.2, 0.25) is 0 Å². The van der Waals surface area contributed by atoms with Gasteiger partial charge in [0.05, 0.1) is 18.3 Å². The Morgan fingerprint density at radius 2 is 1.94 bits per heavy atom. The number of nitrogens with zero attached hydrogens (tertiary/aromatic N) is 2. The van der Waals surface area contributed by atoms with Gasteiger partial charge in [-0.1, -0.05) is 11.6 Å². The maximum atomic E-state index is 6.40. The lowest BCUT2D eigenvalue weighted by molar-refractivity contribution is 0.209. The zero-order valence-corrected chi connectivity index (χ0v) is 12.1. The van der Waals surface area contributed by atoms with Gasteiger partial charge >= 0.3 is 0 Å². The fourth-order valence-electron chi connectivity index (χ4n) is 2.78. The fraction of sp³-hybridized carbons (Fsp3) is 0.769. The van der Waals surface area contributed by atoms with Crippen molar-refractivity contribution in [2.75, 3.05) is 11.5 Å². The molecule has 1 aromatic heterocycles. The molecule has 2 aliphatic rings. The van der Waals surface area contributed by atoms with E-state index in [9.17, 15) is 0 Å². The van der Waals surface area contributed by atoms with Gasteiger partial charge in [-0.3, -0.25) is 0 Å². The van der Waals surface area contributed by atoms with Crippen molar-refractivity contribution in [1.29, 1.82) is 0 Å². The topological polar surface area (TPSA) is 27.1 Å². The molecule has 0 spiro atoms. The second kappa shape index (κ2) is 5.74. The molecule has 3 nitrogen and oxygen atoms in total. The number of aromatic nitrogens is 2. The molecule has 2 heterocycles. The normalized spacial score (nSPS) is 22.5. The molecule has 1 aromatic rings. The van der Waals surface area contributed by atoms with Crippen LogP contribution < -0.4 is 4.74 Å². The minimum absolute atomic E-state index is 0.349. The van der Waals surface area contributed by atoms with E-state index in [4.69, 9.17) is 16.3 Å². The minimum Gasteiger partial charge on any atom is -0.486 e. The maximum absolute atomic E-state index is 6.40. The molecule has 5 heteroatoms. The van der Waals surface area contributed by atoms with Crippen LogP contribution in [0.4, 0.5) is 0 Å². The van der Waals surface area contributed by atoms with Crippen LogP contribution >= 0.6 is 23.4 Å². The van der Waals surface area contributed by atoms with E-state index >= 15 is 0 Å². The number of hydrogen-bond donors (Lipinski definition) is 0. The molecule has 0 atom stereocenters. The molecule has 1 aliphatic heterocycles. The van der Waals surface area contributed by atoms with Crippen molar-refractivity contribution in [3.63, 3.8) is 0 Å². The van der Waals surface area contributed by atoms with Crippen LogP contribution in [0.25, 0.3) is 0 Å². The Morgan fingerprint density at radius 1 is 1.22 bits per heavy atom.